The molecule has 13 heavy (non-hydrogen) atoms. The van der Waals surface area contributed by atoms with E-state index in [2.05, 4.69) is 15.9 Å². The predicted molar refractivity (Wildman–Crippen MR) is 55.8 cm³/mol. The number of nitrogens with zero attached hydrogens (tertiary/aromatic N) is 1. The summed E-state index contributed by atoms with van der Waals surface area (Å²) in [6.45, 7) is 0. The first-order valence-corrected chi connectivity index (χ1v) is 5.09. The van der Waals surface area contributed by atoms with E-state index in [0.29, 0.717) is 17.6 Å². The lowest BCUT2D eigenvalue weighted by atomic mass is 10.1. The van der Waals surface area contributed by atoms with Gasteiger partial charge in [0.15, 0.2) is 0 Å². The fraction of sp³-hybridized carbons (Fsp3) is 0.222. The maximum absolute atomic E-state index is 11.4. The van der Waals surface area contributed by atoms with Crippen LogP contribution in [0.5, 0.6) is 0 Å². The van der Waals surface area contributed by atoms with E-state index in [4.69, 9.17) is 5.73 Å². The van der Waals surface area contributed by atoms with E-state index in [1.165, 1.54) is 0 Å². The summed E-state index contributed by atoms with van der Waals surface area (Å²) in [6.07, 6.45) is 0.464. The highest BCUT2D eigenvalue weighted by Gasteiger charge is 2.25. The third kappa shape index (κ3) is 1.31. The fourth-order valence-corrected chi connectivity index (χ4v) is 2.08. The van der Waals surface area contributed by atoms with E-state index < -0.39 is 0 Å². The van der Waals surface area contributed by atoms with Crippen LogP contribution in [0.2, 0.25) is 0 Å². The standard InChI is InChI=1S/C9H9BrN2O/c10-5-12-8-2-1-7(11)3-6(8)4-9(12)13/h1-3H,4-5,11H2. The monoisotopic (exact) mass is 240 g/mol. The largest absolute Gasteiger partial charge is 0.399 e. The first kappa shape index (κ1) is 8.56. The molecule has 0 fully saturated rings. The molecular weight excluding hydrogens is 232 g/mol. The van der Waals surface area contributed by atoms with E-state index in [1.807, 2.05) is 18.2 Å². The highest BCUT2D eigenvalue weighted by molar-refractivity contribution is 9.09. The zero-order valence-electron chi connectivity index (χ0n) is 6.96. The number of nitrogen functional groups attached to an aromatic ring is 1. The van der Waals surface area contributed by atoms with Gasteiger partial charge in [0, 0.05) is 11.4 Å². The van der Waals surface area contributed by atoms with Gasteiger partial charge < -0.3 is 10.6 Å². The van der Waals surface area contributed by atoms with Crippen molar-refractivity contribution in [1.82, 2.24) is 0 Å². The number of nitrogens with two attached hydrogens (primary N) is 1. The van der Waals surface area contributed by atoms with Crippen molar-refractivity contribution in [2.45, 2.75) is 6.42 Å². The van der Waals surface area contributed by atoms with E-state index in [9.17, 15) is 4.79 Å². The Bertz CT molecular complexity index is 365. The number of amides is 1. The third-order valence-electron chi connectivity index (χ3n) is 2.16. The topological polar surface area (TPSA) is 46.3 Å². The number of halogens is 1. The molecule has 0 atom stereocenters. The summed E-state index contributed by atoms with van der Waals surface area (Å²) in [5.74, 6) is 0.123. The SMILES string of the molecule is Nc1ccc2c(c1)CC(=O)N2CBr. The molecule has 1 aromatic carbocycles. The molecule has 0 aromatic heterocycles. The van der Waals surface area contributed by atoms with Crippen LogP contribution in [0.4, 0.5) is 11.4 Å². The fourth-order valence-electron chi connectivity index (χ4n) is 1.53. The summed E-state index contributed by atoms with van der Waals surface area (Å²) in [5, 5.41) is 0. The molecule has 0 saturated heterocycles. The molecule has 1 aliphatic rings. The molecule has 0 spiro atoms. The Morgan fingerprint density at radius 3 is 3.00 bits per heavy atom. The van der Waals surface area contributed by atoms with E-state index in [0.717, 1.165) is 11.3 Å². The van der Waals surface area contributed by atoms with Crippen LogP contribution in [-0.4, -0.2) is 11.4 Å². The van der Waals surface area contributed by atoms with Crippen LogP contribution in [0.15, 0.2) is 18.2 Å². The summed E-state index contributed by atoms with van der Waals surface area (Å²) in [6, 6.07) is 5.56. The van der Waals surface area contributed by atoms with Crippen LogP contribution < -0.4 is 10.6 Å². The van der Waals surface area contributed by atoms with Gasteiger partial charge in [-0.1, -0.05) is 15.9 Å². The summed E-state index contributed by atoms with van der Waals surface area (Å²) < 4.78 is 0. The molecule has 0 aliphatic carbocycles. The molecule has 68 valence electrons. The Kier molecular flexibility index (Phi) is 2.00. The van der Waals surface area contributed by atoms with Gasteiger partial charge >= 0.3 is 0 Å². The number of carbonyl (C=O) groups excluding carboxylic acids is 1. The molecule has 0 bridgehead atoms. The van der Waals surface area contributed by atoms with Gasteiger partial charge in [-0.05, 0) is 23.8 Å². The van der Waals surface area contributed by atoms with Crippen LogP contribution in [0.1, 0.15) is 5.56 Å². The van der Waals surface area contributed by atoms with Crippen LogP contribution in [-0.2, 0) is 11.2 Å². The maximum atomic E-state index is 11.4. The summed E-state index contributed by atoms with van der Waals surface area (Å²) in [7, 11) is 0. The molecule has 0 saturated carbocycles. The van der Waals surface area contributed by atoms with Crippen molar-refractivity contribution < 1.29 is 4.79 Å². The molecule has 1 amide bonds. The molecular formula is C9H9BrN2O. The number of hydrogen-bond donors (Lipinski definition) is 1. The van der Waals surface area contributed by atoms with Gasteiger partial charge in [0.05, 0.1) is 11.9 Å². The number of hydrogen-bond acceptors (Lipinski definition) is 2. The van der Waals surface area contributed by atoms with Crippen molar-refractivity contribution in [1.29, 1.82) is 0 Å². The molecule has 3 nitrogen and oxygen atoms in total. The Labute approximate surface area is 84.6 Å². The Morgan fingerprint density at radius 2 is 2.31 bits per heavy atom. The van der Waals surface area contributed by atoms with Crippen LogP contribution in [0, 0.1) is 0 Å². The smallest absolute Gasteiger partial charge is 0.232 e. The van der Waals surface area contributed by atoms with Gasteiger partial charge in [-0.25, -0.2) is 0 Å². The molecule has 0 unspecified atom stereocenters. The minimum absolute atomic E-state index is 0.123. The number of carbonyl (C=O) groups is 1. The second-order valence-corrected chi connectivity index (χ2v) is 3.51. The van der Waals surface area contributed by atoms with Crippen LogP contribution in [0.25, 0.3) is 0 Å². The minimum atomic E-state index is 0.123. The Morgan fingerprint density at radius 1 is 1.54 bits per heavy atom. The lowest BCUT2D eigenvalue weighted by molar-refractivity contribution is -0.117. The molecule has 2 N–H and O–H groups in total. The number of anilines is 2. The second kappa shape index (κ2) is 3.03. The van der Waals surface area contributed by atoms with Gasteiger partial charge in [-0.15, -0.1) is 0 Å². The molecule has 1 aromatic rings. The van der Waals surface area contributed by atoms with Crippen LogP contribution >= 0.6 is 15.9 Å². The normalized spacial score (nSPS) is 14.8. The summed E-state index contributed by atoms with van der Waals surface area (Å²) in [4.78, 5) is 13.1. The molecule has 1 heterocycles. The highest BCUT2D eigenvalue weighted by Crippen LogP contribution is 2.30. The minimum Gasteiger partial charge on any atom is -0.399 e. The molecule has 1 aliphatic heterocycles. The Hall–Kier alpha value is -1.03. The van der Waals surface area contributed by atoms with Gasteiger partial charge in [0.1, 0.15) is 0 Å². The Balaban J connectivity index is 2.48. The predicted octanol–water partition coefficient (Wildman–Crippen LogP) is 1.51. The van der Waals surface area contributed by atoms with Gasteiger partial charge in [0.2, 0.25) is 5.91 Å². The lowest BCUT2D eigenvalue weighted by Gasteiger charge is -2.12. The van der Waals surface area contributed by atoms with Crippen molar-refractivity contribution in [3.63, 3.8) is 0 Å². The second-order valence-electron chi connectivity index (χ2n) is 3.01. The van der Waals surface area contributed by atoms with Gasteiger partial charge in [-0.3, -0.25) is 4.79 Å². The maximum Gasteiger partial charge on any atom is 0.232 e. The van der Waals surface area contributed by atoms with Crippen molar-refractivity contribution in [3.8, 4) is 0 Å². The van der Waals surface area contributed by atoms with E-state index >= 15 is 0 Å². The number of rotatable bonds is 1. The number of fused-ring (bicyclic) bond motifs is 1. The average Bonchev–Trinajstić information content (AvgIpc) is 2.39. The molecule has 0 radical (unpaired) electrons. The first-order chi connectivity index (χ1) is 6.22. The lowest BCUT2D eigenvalue weighted by Crippen LogP contribution is -2.24. The van der Waals surface area contributed by atoms with E-state index in [1.54, 1.807) is 4.90 Å². The quantitative estimate of drug-likeness (QED) is 0.460. The average molecular weight is 241 g/mol. The highest BCUT2D eigenvalue weighted by atomic mass is 79.9. The molecule has 2 rings (SSSR count). The zero-order chi connectivity index (χ0) is 9.42. The van der Waals surface area contributed by atoms with Crippen molar-refractivity contribution in [2.24, 2.45) is 0 Å². The van der Waals surface area contributed by atoms with Crippen molar-refractivity contribution >= 4 is 33.2 Å². The first-order valence-electron chi connectivity index (χ1n) is 3.97. The summed E-state index contributed by atoms with van der Waals surface area (Å²) >= 11 is 3.28. The zero-order valence-corrected chi connectivity index (χ0v) is 8.54. The number of alkyl halides is 1. The van der Waals surface area contributed by atoms with Crippen LogP contribution in [0.3, 0.4) is 0 Å². The molecule has 4 heteroatoms. The van der Waals surface area contributed by atoms with Crippen molar-refractivity contribution in [2.75, 3.05) is 16.1 Å². The van der Waals surface area contributed by atoms with Crippen molar-refractivity contribution in [3.05, 3.63) is 23.8 Å². The van der Waals surface area contributed by atoms with E-state index in [-0.39, 0.29) is 5.91 Å². The third-order valence-corrected chi connectivity index (χ3v) is 2.66. The van der Waals surface area contributed by atoms with Gasteiger partial charge in [0.25, 0.3) is 0 Å². The summed E-state index contributed by atoms with van der Waals surface area (Å²) in [5.41, 5.74) is 8.86. The van der Waals surface area contributed by atoms with Gasteiger partial charge in [-0.2, -0.15) is 0 Å². The number of benzene rings is 1.